The Hall–Kier alpha value is -2.33. The molecule has 0 amide bonds. The molecule has 0 spiro atoms. The average Bonchev–Trinajstić information content (AvgIpc) is 2.81. The molecule has 0 heterocycles. The minimum Gasteiger partial charge on any atom is -0.494 e. The fraction of sp³-hybridized carbons (Fsp3) is 0.519. The maximum atomic E-state index is 12.1. The van der Waals surface area contributed by atoms with Crippen molar-refractivity contribution >= 4 is 5.97 Å². The molecule has 31 heavy (non-hydrogen) atoms. The highest BCUT2D eigenvalue weighted by Gasteiger charge is 2.37. The second-order valence-corrected chi connectivity index (χ2v) is 8.63. The molecule has 0 atom stereocenters. The minimum absolute atomic E-state index is 0.0891. The predicted octanol–water partition coefficient (Wildman–Crippen LogP) is 6.25. The Balaban J connectivity index is 1.57. The second kappa shape index (κ2) is 11.3. The molecule has 2 aromatic carbocycles. The van der Waals surface area contributed by atoms with Gasteiger partial charge < -0.3 is 14.6 Å². The number of ether oxygens (including phenoxy) is 2. The third kappa shape index (κ3) is 6.33. The summed E-state index contributed by atoms with van der Waals surface area (Å²) in [6.07, 6.45) is 6.82. The van der Waals surface area contributed by atoms with Crippen molar-refractivity contribution < 1.29 is 19.4 Å². The SMILES string of the molecule is CCCCCOc1ccc(-c2ccc(C3(O)CCC(C(=O)OCCC)CC3)cc2)cc1. The van der Waals surface area contributed by atoms with Gasteiger partial charge in [0.2, 0.25) is 0 Å². The van der Waals surface area contributed by atoms with Gasteiger partial charge >= 0.3 is 5.97 Å². The number of esters is 1. The quantitative estimate of drug-likeness (QED) is 0.362. The van der Waals surface area contributed by atoms with E-state index in [4.69, 9.17) is 9.47 Å². The van der Waals surface area contributed by atoms with Crippen LogP contribution in [0.1, 0.15) is 70.8 Å². The predicted molar refractivity (Wildman–Crippen MR) is 124 cm³/mol. The molecule has 0 saturated heterocycles. The monoisotopic (exact) mass is 424 g/mol. The van der Waals surface area contributed by atoms with Gasteiger partial charge in [0.1, 0.15) is 5.75 Å². The number of hydrogen-bond acceptors (Lipinski definition) is 4. The van der Waals surface area contributed by atoms with Gasteiger partial charge in [0.25, 0.3) is 0 Å². The van der Waals surface area contributed by atoms with Gasteiger partial charge in [-0.1, -0.05) is 63.1 Å². The van der Waals surface area contributed by atoms with Crippen LogP contribution in [0.25, 0.3) is 11.1 Å². The van der Waals surface area contributed by atoms with Crippen LogP contribution in [0.2, 0.25) is 0 Å². The summed E-state index contributed by atoms with van der Waals surface area (Å²) in [5, 5.41) is 11.2. The smallest absolute Gasteiger partial charge is 0.308 e. The van der Waals surface area contributed by atoms with Gasteiger partial charge in [-0.15, -0.1) is 0 Å². The molecule has 4 heteroatoms. The van der Waals surface area contributed by atoms with E-state index in [-0.39, 0.29) is 11.9 Å². The van der Waals surface area contributed by atoms with Crippen molar-refractivity contribution in [3.05, 3.63) is 54.1 Å². The van der Waals surface area contributed by atoms with E-state index in [9.17, 15) is 9.90 Å². The molecule has 1 N–H and O–H groups in total. The lowest BCUT2D eigenvalue weighted by molar-refractivity contribution is -0.151. The topological polar surface area (TPSA) is 55.8 Å². The summed E-state index contributed by atoms with van der Waals surface area (Å²) >= 11 is 0. The van der Waals surface area contributed by atoms with Crippen molar-refractivity contribution in [3.63, 3.8) is 0 Å². The molecule has 0 unspecified atom stereocenters. The molecule has 1 aliphatic rings. The van der Waals surface area contributed by atoms with Crippen molar-refractivity contribution in [1.29, 1.82) is 0 Å². The van der Waals surface area contributed by atoms with Gasteiger partial charge in [0, 0.05) is 0 Å². The van der Waals surface area contributed by atoms with Crippen LogP contribution < -0.4 is 4.74 Å². The van der Waals surface area contributed by atoms with Gasteiger partial charge in [-0.25, -0.2) is 0 Å². The minimum atomic E-state index is -0.865. The van der Waals surface area contributed by atoms with Gasteiger partial charge in [0.15, 0.2) is 0 Å². The van der Waals surface area contributed by atoms with E-state index in [1.807, 2.05) is 31.2 Å². The first-order chi connectivity index (χ1) is 15.1. The lowest BCUT2D eigenvalue weighted by Gasteiger charge is -2.35. The molecule has 0 aromatic heterocycles. The lowest BCUT2D eigenvalue weighted by Crippen LogP contribution is -2.34. The largest absolute Gasteiger partial charge is 0.494 e. The van der Waals surface area contributed by atoms with E-state index in [0.29, 0.717) is 32.3 Å². The third-order valence-electron chi connectivity index (χ3n) is 6.22. The molecule has 1 aliphatic carbocycles. The van der Waals surface area contributed by atoms with Crippen molar-refractivity contribution in [1.82, 2.24) is 0 Å². The molecule has 3 rings (SSSR count). The summed E-state index contributed by atoms with van der Waals surface area (Å²) in [7, 11) is 0. The number of aliphatic hydroxyl groups is 1. The summed E-state index contributed by atoms with van der Waals surface area (Å²) in [6, 6.07) is 16.3. The first-order valence-corrected chi connectivity index (χ1v) is 11.8. The fourth-order valence-electron chi connectivity index (χ4n) is 4.20. The molecule has 2 aromatic rings. The van der Waals surface area contributed by atoms with Gasteiger partial charge in [0.05, 0.1) is 24.7 Å². The Morgan fingerprint density at radius 2 is 1.52 bits per heavy atom. The average molecular weight is 425 g/mol. The van der Waals surface area contributed by atoms with E-state index in [0.717, 1.165) is 41.9 Å². The van der Waals surface area contributed by atoms with Crippen molar-refractivity contribution in [2.75, 3.05) is 13.2 Å². The van der Waals surface area contributed by atoms with Crippen LogP contribution in [0.3, 0.4) is 0 Å². The highest BCUT2D eigenvalue weighted by atomic mass is 16.5. The number of hydrogen-bond donors (Lipinski definition) is 1. The summed E-state index contributed by atoms with van der Waals surface area (Å²) in [5.74, 6) is 0.700. The third-order valence-corrected chi connectivity index (χ3v) is 6.22. The van der Waals surface area contributed by atoms with E-state index in [1.165, 1.54) is 12.8 Å². The molecular weight excluding hydrogens is 388 g/mol. The molecule has 0 radical (unpaired) electrons. The van der Waals surface area contributed by atoms with E-state index >= 15 is 0 Å². The Morgan fingerprint density at radius 3 is 2.10 bits per heavy atom. The number of unbranched alkanes of at least 4 members (excludes halogenated alkanes) is 2. The zero-order valence-corrected chi connectivity index (χ0v) is 18.9. The molecular formula is C27H36O4. The maximum absolute atomic E-state index is 12.1. The number of benzene rings is 2. The van der Waals surface area contributed by atoms with Gasteiger partial charge in [-0.3, -0.25) is 4.79 Å². The zero-order valence-electron chi connectivity index (χ0n) is 18.9. The van der Waals surface area contributed by atoms with Crippen LogP contribution in [0.4, 0.5) is 0 Å². The molecule has 0 bridgehead atoms. The Kier molecular flexibility index (Phi) is 8.53. The Morgan fingerprint density at radius 1 is 0.903 bits per heavy atom. The second-order valence-electron chi connectivity index (χ2n) is 8.63. The van der Waals surface area contributed by atoms with Gasteiger partial charge in [-0.2, -0.15) is 0 Å². The van der Waals surface area contributed by atoms with Gasteiger partial charge in [-0.05, 0) is 67.3 Å². The summed E-state index contributed by atoms with van der Waals surface area (Å²) in [5.41, 5.74) is 2.30. The molecule has 0 aliphatic heterocycles. The number of carbonyl (C=O) groups is 1. The van der Waals surface area contributed by atoms with Crippen LogP contribution in [0, 0.1) is 5.92 Å². The van der Waals surface area contributed by atoms with Crippen LogP contribution >= 0.6 is 0 Å². The Bertz CT molecular complexity index is 802. The van der Waals surface area contributed by atoms with E-state index in [1.54, 1.807) is 0 Å². The number of carbonyl (C=O) groups excluding carboxylic acids is 1. The highest BCUT2D eigenvalue weighted by Crippen LogP contribution is 2.40. The Labute approximate surface area is 186 Å². The summed E-state index contributed by atoms with van der Waals surface area (Å²) in [4.78, 5) is 12.1. The lowest BCUT2D eigenvalue weighted by atomic mass is 9.75. The van der Waals surface area contributed by atoms with Crippen LogP contribution in [-0.4, -0.2) is 24.3 Å². The fourth-order valence-corrected chi connectivity index (χ4v) is 4.20. The van der Waals surface area contributed by atoms with Crippen LogP contribution in [0.15, 0.2) is 48.5 Å². The standard InChI is InChI=1S/C27H36O4/c1-3-5-6-20-30-25-13-9-22(10-14-25)21-7-11-24(12-8-21)27(29)17-15-23(16-18-27)26(28)31-19-4-2/h7-14,23,29H,3-6,15-20H2,1-2H3. The summed E-state index contributed by atoms with van der Waals surface area (Å²) in [6.45, 7) is 5.42. The summed E-state index contributed by atoms with van der Waals surface area (Å²) < 4.78 is 11.1. The van der Waals surface area contributed by atoms with Crippen molar-refractivity contribution in [2.45, 2.75) is 70.8 Å². The normalized spacial score (nSPS) is 20.9. The van der Waals surface area contributed by atoms with E-state index < -0.39 is 5.60 Å². The molecule has 1 saturated carbocycles. The van der Waals surface area contributed by atoms with Crippen LogP contribution in [-0.2, 0) is 15.1 Å². The maximum Gasteiger partial charge on any atom is 0.308 e. The first kappa shape index (κ1) is 23.3. The molecule has 168 valence electrons. The molecule has 1 fully saturated rings. The first-order valence-electron chi connectivity index (χ1n) is 11.8. The van der Waals surface area contributed by atoms with Crippen LogP contribution in [0.5, 0.6) is 5.75 Å². The van der Waals surface area contributed by atoms with Crippen molar-refractivity contribution in [3.8, 4) is 16.9 Å². The zero-order chi connectivity index (χ0) is 22.1. The molecule has 4 nitrogen and oxygen atoms in total. The number of rotatable bonds is 10. The van der Waals surface area contributed by atoms with E-state index in [2.05, 4.69) is 31.2 Å². The highest BCUT2D eigenvalue weighted by molar-refractivity contribution is 5.72. The van der Waals surface area contributed by atoms with Crippen molar-refractivity contribution in [2.24, 2.45) is 5.92 Å².